The van der Waals surface area contributed by atoms with Crippen LogP contribution in [0.25, 0.3) is 11.7 Å². The van der Waals surface area contributed by atoms with Crippen LogP contribution in [0.2, 0.25) is 0 Å². The summed E-state index contributed by atoms with van der Waals surface area (Å²) in [6, 6.07) is 11.7. The number of benzene rings is 1. The van der Waals surface area contributed by atoms with Crippen molar-refractivity contribution in [2.75, 3.05) is 13.7 Å². The zero-order valence-corrected chi connectivity index (χ0v) is 17.5. The SMILES string of the molecule is COc1cc(/C=C/C(=O)OCc2cc(=O)n3cc(Br)ccc3n2)ccc1OCC#N. The molecule has 2 heterocycles. The van der Waals surface area contributed by atoms with Crippen LogP contribution in [0.3, 0.4) is 0 Å². The highest BCUT2D eigenvalue weighted by atomic mass is 79.9. The Morgan fingerprint density at radius 1 is 1.27 bits per heavy atom. The van der Waals surface area contributed by atoms with Crippen LogP contribution in [0.5, 0.6) is 11.5 Å². The molecule has 0 fully saturated rings. The highest BCUT2D eigenvalue weighted by molar-refractivity contribution is 9.10. The van der Waals surface area contributed by atoms with Crippen molar-refractivity contribution < 1.29 is 19.0 Å². The smallest absolute Gasteiger partial charge is 0.331 e. The second kappa shape index (κ2) is 9.71. The van der Waals surface area contributed by atoms with Crippen molar-refractivity contribution in [2.24, 2.45) is 0 Å². The van der Waals surface area contributed by atoms with Gasteiger partial charge in [0.05, 0.1) is 12.8 Å². The Morgan fingerprint density at radius 2 is 2.10 bits per heavy atom. The first-order chi connectivity index (χ1) is 14.5. The molecule has 8 nitrogen and oxygen atoms in total. The average Bonchev–Trinajstić information content (AvgIpc) is 2.75. The molecule has 0 saturated carbocycles. The summed E-state index contributed by atoms with van der Waals surface area (Å²) in [6.45, 7) is -0.225. The Balaban J connectivity index is 1.65. The largest absolute Gasteiger partial charge is 0.493 e. The first-order valence-electron chi connectivity index (χ1n) is 8.70. The highest BCUT2D eigenvalue weighted by Gasteiger charge is 2.07. The van der Waals surface area contributed by atoms with Crippen LogP contribution < -0.4 is 15.0 Å². The number of fused-ring (bicyclic) bond motifs is 1. The molecule has 0 aliphatic heterocycles. The average molecular weight is 470 g/mol. The van der Waals surface area contributed by atoms with E-state index >= 15 is 0 Å². The van der Waals surface area contributed by atoms with E-state index < -0.39 is 5.97 Å². The zero-order valence-electron chi connectivity index (χ0n) is 15.9. The minimum Gasteiger partial charge on any atom is -0.493 e. The first-order valence-corrected chi connectivity index (χ1v) is 9.50. The van der Waals surface area contributed by atoms with E-state index in [1.165, 1.54) is 23.7 Å². The molecule has 0 saturated heterocycles. The zero-order chi connectivity index (χ0) is 21.5. The van der Waals surface area contributed by atoms with Gasteiger partial charge in [-0.1, -0.05) is 6.07 Å². The molecule has 9 heteroatoms. The van der Waals surface area contributed by atoms with Crippen molar-refractivity contribution in [3.8, 4) is 17.6 Å². The Kier molecular flexibility index (Phi) is 6.83. The summed E-state index contributed by atoms with van der Waals surface area (Å²) in [5, 5.41) is 8.60. The first kappa shape index (κ1) is 21.1. The fourth-order valence-electron chi connectivity index (χ4n) is 2.57. The van der Waals surface area contributed by atoms with E-state index in [-0.39, 0.29) is 18.8 Å². The molecule has 30 heavy (non-hydrogen) atoms. The summed E-state index contributed by atoms with van der Waals surface area (Å²) in [7, 11) is 1.48. The number of rotatable bonds is 7. The van der Waals surface area contributed by atoms with Gasteiger partial charge >= 0.3 is 5.97 Å². The molecule has 2 aromatic heterocycles. The Labute approximate surface area is 180 Å². The number of hydrogen-bond acceptors (Lipinski definition) is 7. The topological polar surface area (TPSA) is 103 Å². The molecule has 0 radical (unpaired) electrons. The van der Waals surface area contributed by atoms with Crippen molar-refractivity contribution >= 4 is 33.6 Å². The van der Waals surface area contributed by atoms with Gasteiger partial charge in [-0.05, 0) is 51.8 Å². The third-order valence-electron chi connectivity index (χ3n) is 3.93. The molecule has 3 rings (SSSR count). The number of aromatic nitrogens is 2. The van der Waals surface area contributed by atoms with Gasteiger partial charge in [0.1, 0.15) is 18.3 Å². The van der Waals surface area contributed by atoms with Gasteiger partial charge in [0.25, 0.3) is 5.56 Å². The summed E-state index contributed by atoms with van der Waals surface area (Å²) < 4.78 is 17.8. The van der Waals surface area contributed by atoms with Crippen molar-refractivity contribution in [3.63, 3.8) is 0 Å². The third-order valence-corrected chi connectivity index (χ3v) is 4.40. The molecule has 0 N–H and O–H groups in total. The number of hydrogen-bond donors (Lipinski definition) is 0. The van der Waals surface area contributed by atoms with Gasteiger partial charge in [-0.15, -0.1) is 0 Å². The molecule has 0 unspecified atom stereocenters. The number of carbonyl (C=O) groups is 1. The second-order valence-electron chi connectivity index (χ2n) is 5.96. The van der Waals surface area contributed by atoms with Crippen LogP contribution in [-0.2, 0) is 16.1 Å². The van der Waals surface area contributed by atoms with Gasteiger partial charge in [-0.2, -0.15) is 5.26 Å². The fraction of sp³-hybridized carbons (Fsp3) is 0.143. The van der Waals surface area contributed by atoms with E-state index in [9.17, 15) is 9.59 Å². The van der Waals surface area contributed by atoms with E-state index in [1.54, 1.807) is 42.6 Å². The molecular weight excluding hydrogens is 454 g/mol. The predicted octanol–water partition coefficient (Wildman–Crippen LogP) is 3.12. The highest BCUT2D eigenvalue weighted by Crippen LogP contribution is 2.28. The number of pyridine rings is 1. The summed E-state index contributed by atoms with van der Waals surface area (Å²) in [4.78, 5) is 28.5. The Hall–Kier alpha value is -3.64. The van der Waals surface area contributed by atoms with Gasteiger partial charge in [-0.25, -0.2) is 9.78 Å². The molecule has 0 aliphatic rings. The molecule has 0 amide bonds. The summed E-state index contributed by atoms with van der Waals surface area (Å²) in [6.07, 6.45) is 4.43. The lowest BCUT2D eigenvalue weighted by atomic mass is 10.2. The van der Waals surface area contributed by atoms with Crippen molar-refractivity contribution in [2.45, 2.75) is 6.61 Å². The summed E-state index contributed by atoms with van der Waals surface area (Å²) in [5.74, 6) is 0.282. The third kappa shape index (κ3) is 5.24. The van der Waals surface area contributed by atoms with Gasteiger partial charge in [0.15, 0.2) is 18.1 Å². The molecule has 0 bridgehead atoms. The number of ether oxygens (including phenoxy) is 3. The lowest BCUT2D eigenvalue weighted by Crippen LogP contribution is -2.16. The minimum absolute atomic E-state index is 0.0957. The summed E-state index contributed by atoms with van der Waals surface area (Å²) in [5.41, 5.74) is 1.22. The number of methoxy groups -OCH3 is 1. The molecule has 0 spiro atoms. The predicted molar refractivity (Wildman–Crippen MR) is 112 cm³/mol. The van der Waals surface area contributed by atoms with Crippen LogP contribution in [0, 0.1) is 11.3 Å². The maximum absolute atomic E-state index is 12.2. The van der Waals surface area contributed by atoms with Gasteiger partial charge in [0.2, 0.25) is 0 Å². The van der Waals surface area contributed by atoms with Gasteiger partial charge < -0.3 is 14.2 Å². The Bertz CT molecular complexity index is 1210. The number of nitrogens with zero attached hydrogens (tertiary/aromatic N) is 3. The van der Waals surface area contributed by atoms with Crippen molar-refractivity contribution in [1.29, 1.82) is 5.26 Å². The molecule has 3 aromatic rings. The van der Waals surface area contributed by atoms with Crippen LogP contribution in [0.15, 0.2) is 57.9 Å². The van der Waals surface area contributed by atoms with Crippen LogP contribution in [0.4, 0.5) is 0 Å². The van der Waals surface area contributed by atoms with E-state index in [4.69, 9.17) is 19.5 Å². The van der Waals surface area contributed by atoms with Crippen molar-refractivity contribution in [1.82, 2.24) is 9.38 Å². The van der Waals surface area contributed by atoms with E-state index in [1.807, 2.05) is 6.07 Å². The minimum atomic E-state index is -0.587. The van der Waals surface area contributed by atoms with E-state index in [2.05, 4.69) is 20.9 Å². The number of halogens is 1. The lowest BCUT2D eigenvalue weighted by Gasteiger charge is -2.08. The fourth-order valence-corrected chi connectivity index (χ4v) is 2.91. The summed E-state index contributed by atoms with van der Waals surface area (Å²) >= 11 is 3.30. The second-order valence-corrected chi connectivity index (χ2v) is 6.88. The van der Waals surface area contributed by atoms with Crippen LogP contribution in [0.1, 0.15) is 11.3 Å². The number of carbonyl (C=O) groups excluding carboxylic acids is 1. The molecule has 0 aliphatic carbocycles. The maximum Gasteiger partial charge on any atom is 0.331 e. The quantitative estimate of drug-likeness (QED) is 0.386. The van der Waals surface area contributed by atoms with E-state index in [0.717, 1.165) is 4.47 Å². The van der Waals surface area contributed by atoms with Crippen LogP contribution >= 0.6 is 15.9 Å². The van der Waals surface area contributed by atoms with Gasteiger partial charge in [0, 0.05) is 22.8 Å². The monoisotopic (exact) mass is 469 g/mol. The normalized spacial score (nSPS) is 10.7. The van der Waals surface area contributed by atoms with Gasteiger partial charge in [-0.3, -0.25) is 9.20 Å². The number of nitriles is 1. The van der Waals surface area contributed by atoms with Crippen LogP contribution in [-0.4, -0.2) is 29.1 Å². The maximum atomic E-state index is 12.2. The molecule has 0 atom stereocenters. The molecular formula is C21H16BrN3O5. The van der Waals surface area contributed by atoms with E-state index in [0.29, 0.717) is 28.4 Å². The standard InChI is InChI=1S/C21H16BrN3O5/c1-28-18-10-14(2-5-17(18)29-9-8-23)3-7-21(27)30-13-16-11-20(26)25-12-15(22)4-6-19(25)24-16/h2-7,10-12H,9,13H2,1H3/b7-3+. The molecule has 152 valence electrons. The lowest BCUT2D eigenvalue weighted by molar-refractivity contribution is -0.139. The number of esters is 1. The van der Waals surface area contributed by atoms with Crippen molar-refractivity contribution in [3.05, 3.63) is 74.8 Å². The Morgan fingerprint density at radius 3 is 2.87 bits per heavy atom. The molecule has 1 aromatic carbocycles.